The molecule has 0 radical (unpaired) electrons. The summed E-state index contributed by atoms with van der Waals surface area (Å²) in [5.41, 5.74) is 5.96. The van der Waals surface area contributed by atoms with E-state index in [1.165, 1.54) is 0 Å². The Hall–Kier alpha value is -3.61. The van der Waals surface area contributed by atoms with Crippen LogP contribution in [-0.2, 0) is 31.2 Å². The van der Waals surface area contributed by atoms with Gasteiger partial charge >= 0.3 is 0 Å². The van der Waals surface area contributed by atoms with Crippen molar-refractivity contribution < 1.29 is 9.59 Å². The number of carbonyl (C=O) groups is 2. The standard InChI is InChI=1S/C24H25N5O2/c1-15(30)29-12-10-20-18(14-29)17-13-16(7-8-19(17)26-20)24(31)25-11-9-23-27-21-5-3-4-6-22(21)28(23)2/h3-8,13,26H,9-12,14H2,1-2H3,(H,25,31). The van der Waals surface area contributed by atoms with Gasteiger partial charge < -0.3 is 19.8 Å². The summed E-state index contributed by atoms with van der Waals surface area (Å²) in [6.45, 7) is 3.42. The minimum absolute atomic E-state index is 0.0795. The van der Waals surface area contributed by atoms with Gasteiger partial charge in [0, 0.05) is 74.2 Å². The molecule has 7 heteroatoms. The molecule has 0 aliphatic carbocycles. The SMILES string of the molecule is CC(=O)N1CCc2[nH]c3ccc(C(=O)NCCc4nc5ccccc5n4C)cc3c2C1. The fourth-order valence-corrected chi connectivity index (χ4v) is 4.43. The number of para-hydroxylation sites is 2. The third-order valence-corrected chi connectivity index (χ3v) is 6.20. The molecule has 0 bridgehead atoms. The third kappa shape index (κ3) is 3.46. The summed E-state index contributed by atoms with van der Waals surface area (Å²) >= 11 is 0. The highest BCUT2D eigenvalue weighted by Crippen LogP contribution is 2.28. The Morgan fingerprint density at radius 1 is 1.19 bits per heavy atom. The summed E-state index contributed by atoms with van der Waals surface area (Å²) in [6.07, 6.45) is 1.47. The van der Waals surface area contributed by atoms with Gasteiger partial charge in [0.15, 0.2) is 0 Å². The molecule has 0 fully saturated rings. The number of amides is 2. The molecule has 2 N–H and O–H groups in total. The van der Waals surface area contributed by atoms with E-state index in [-0.39, 0.29) is 11.8 Å². The van der Waals surface area contributed by atoms with Crippen molar-refractivity contribution in [2.45, 2.75) is 26.3 Å². The number of imidazole rings is 1. The molecule has 2 aromatic heterocycles. The van der Waals surface area contributed by atoms with Crippen LogP contribution >= 0.6 is 0 Å². The van der Waals surface area contributed by atoms with Crippen LogP contribution in [0, 0.1) is 0 Å². The van der Waals surface area contributed by atoms with Gasteiger partial charge in [0.05, 0.1) is 11.0 Å². The number of hydrogen-bond acceptors (Lipinski definition) is 3. The van der Waals surface area contributed by atoms with E-state index >= 15 is 0 Å². The first-order valence-corrected chi connectivity index (χ1v) is 10.6. The molecular formula is C24H25N5O2. The van der Waals surface area contributed by atoms with Crippen LogP contribution in [0.5, 0.6) is 0 Å². The number of aromatic amines is 1. The third-order valence-electron chi connectivity index (χ3n) is 6.20. The minimum Gasteiger partial charge on any atom is -0.358 e. The van der Waals surface area contributed by atoms with Crippen molar-refractivity contribution in [3.63, 3.8) is 0 Å². The number of hydrogen-bond donors (Lipinski definition) is 2. The largest absolute Gasteiger partial charge is 0.358 e. The Labute approximate surface area is 180 Å². The number of H-pyrrole nitrogens is 1. The number of aromatic nitrogens is 3. The Morgan fingerprint density at radius 3 is 2.84 bits per heavy atom. The van der Waals surface area contributed by atoms with Gasteiger partial charge in [-0.25, -0.2) is 4.98 Å². The summed E-state index contributed by atoms with van der Waals surface area (Å²) in [6, 6.07) is 13.7. The van der Waals surface area contributed by atoms with E-state index in [9.17, 15) is 9.59 Å². The van der Waals surface area contributed by atoms with E-state index in [2.05, 4.69) is 19.9 Å². The van der Waals surface area contributed by atoms with Crippen LogP contribution < -0.4 is 5.32 Å². The second kappa shape index (κ2) is 7.58. The first-order chi connectivity index (χ1) is 15.0. The molecule has 158 valence electrons. The lowest BCUT2D eigenvalue weighted by Crippen LogP contribution is -2.33. The summed E-state index contributed by atoms with van der Waals surface area (Å²) in [4.78, 5) is 34.5. The number of rotatable bonds is 4. The van der Waals surface area contributed by atoms with Gasteiger partial charge in [-0.15, -0.1) is 0 Å². The van der Waals surface area contributed by atoms with Gasteiger partial charge in [-0.05, 0) is 30.3 Å². The lowest BCUT2D eigenvalue weighted by Gasteiger charge is -2.26. The van der Waals surface area contributed by atoms with Crippen molar-refractivity contribution in [2.75, 3.05) is 13.1 Å². The Kier molecular flexibility index (Phi) is 4.73. The number of aryl methyl sites for hydroxylation is 1. The normalized spacial score (nSPS) is 13.5. The maximum absolute atomic E-state index is 12.8. The average Bonchev–Trinajstić information content (AvgIpc) is 3.30. The monoisotopic (exact) mass is 415 g/mol. The molecule has 1 aliphatic rings. The zero-order chi connectivity index (χ0) is 21.5. The average molecular weight is 415 g/mol. The van der Waals surface area contributed by atoms with E-state index in [4.69, 9.17) is 0 Å². The van der Waals surface area contributed by atoms with Crippen molar-refractivity contribution in [1.29, 1.82) is 0 Å². The van der Waals surface area contributed by atoms with Crippen molar-refractivity contribution in [2.24, 2.45) is 7.05 Å². The first-order valence-electron chi connectivity index (χ1n) is 10.6. The minimum atomic E-state index is -0.102. The van der Waals surface area contributed by atoms with Gasteiger partial charge in [0.2, 0.25) is 5.91 Å². The summed E-state index contributed by atoms with van der Waals surface area (Å²) in [7, 11) is 2.00. The number of nitrogens with zero attached hydrogens (tertiary/aromatic N) is 3. The zero-order valence-electron chi connectivity index (χ0n) is 17.7. The summed E-state index contributed by atoms with van der Waals surface area (Å²) < 4.78 is 2.07. The predicted octanol–water partition coefficient (Wildman–Crippen LogP) is 2.93. The lowest BCUT2D eigenvalue weighted by atomic mass is 10.0. The maximum Gasteiger partial charge on any atom is 0.251 e. The Bertz CT molecular complexity index is 1320. The molecule has 2 amide bonds. The molecule has 3 heterocycles. The first kappa shape index (κ1) is 19.4. The van der Waals surface area contributed by atoms with Gasteiger partial charge in [0.25, 0.3) is 5.91 Å². The van der Waals surface area contributed by atoms with E-state index in [0.29, 0.717) is 25.1 Å². The molecule has 7 nitrogen and oxygen atoms in total. The van der Waals surface area contributed by atoms with Crippen LogP contribution in [-0.4, -0.2) is 44.3 Å². The predicted molar refractivity (Wildman–Crippen MR) is 120 cm³/mol. The van der Waals surface area contributed by atoms with Crippen molar-refractivity contribution in [3.05, 3.63) is 65.1 Å². The van der Waals surface area contributed by atoms with Gasteiger partial charge in [-0.2, -0.15) is 0 Å². The molecule has 0 saturated carbocycles. The number of nitrogens with one attached hydrogen (secondary N) is 2. The Balaban J connectivity index is 1.31. The van der Waals surface area contributed by atoms with Crippen LogP contribution in [0.1, 0.15) is 34.4 Å². The molecule has 0 spiro atoms. The summed E-state index contributed by atoms with van der Waals surface area (Å²) in [5.74, 6) is 0.923. The van der Waals surface area contributed by atoms with Gasteiger partial charge in [0.1, 0.15) is 5.82 Å². The molecule has 0 saturated heterocycles. The fraction of sp³-hybridized carbons (Fsp3) is 0.292. The van der Waals surface area contributed by atoms with E-state index in [1.54, 1.807) is 6.92 Å². The smallest absolute Gasteiger partial charge is 0.251 e. The van der Waals surface area contributed by atoms with Crippen molar-refractivity contribution in [3.8, 4) is 0 Å². The Morgan fingerprint density at radius 2 is 2.03 bits per heavy atom. The molecule has 31 heavy (non-hydrogen) atoms. The van der Waals surface area contributed by atoms with Gasteiger partial charge in [-0.3, -0.25) is 9.59 Å². The number of carbonyl (C=O) groups excluding carboxylic acids is 2. The molecule has 4 aromatic rings. The highest BCUT2D eigenvalue weighted by Gasteiger charge is 2.22. The van der Waals surface area contributed by atoms with Crippen LogP contribution in [0.3, 0.4) is 0 Å². The molecule has 1 aliphatic heterocycles. The van der Waals surface area contributed by atoms with Crippen LogP contribution in [0.25, 0.3) is 21.9 Å². The van der Waals surface area contributed by atoms with Crippen LogP contribution in [0.15, 0.2) is 42.5 Å². The molecule has 0 unspecified atom stereocenters. The zero-order valence-corrected chi connectivity index (χ0v) is 17.7. The molecule has 5 rings (SSSR count). The quantitative estimate of drug-likeness (QED) is 0.538. The second-order valence-corrected chi connectivity index (χ2v) is 8.11. The highest BCUT2D eigenvalue weighted by molar-refractivity contribution is 5.99. The second-order valence-electron chi connectivity index (χ2n) is 8.11. The number of fused-ring (bicyclic) bond motifs is 4. The fourth-order valence-electron chi connectivity index (χ4n) is 4.43. The van der Waals surface area contributed by atoms with Crippen molar-refractivity contribution >= 4 is 33.8 Å². The van der Waals surface area contributed by atoms with Crippen molar-refractivity contribution in [1.82, 2.24) is 24.8 Å². The topological polar surface area (TPSA) is 83.0 Å². The van der Waals surface area contributed by atoms with E-state index in [0.717, 1.165) is 52.0 Å². The summed E-state index contributed by atoms with van der Waals surface area (Å²) in [5, 5.41) is 4.03. The van der Waals surface area contributed by atoms with Crippen LogP contribution in [0.2, 0.25) is 0 Å². The van der Waals surface area contributed by atoms with E-state index in [1.807, 2.05) is 54.4 Å². The highest BCUT2D eigenvalue weighted by atomic mass is 16.2. The van der Waals surface area contributed by atoms with Crippen LogP contribution in [0.4, 0.5) is 0 Å². The maximum atomic E-state index is 12.8. The van der Waals surface area contributed by atoms with Gasteiger partial charge in [-0.1, -0.05) is 12.1 Å². The molecule has 0 atom stereocenters. The number of benzene rings is 2. The lowest BCUT2D eigenvalue weighted by molar-refractivity contribution is -0.129. The van der Waals surface area contributed by atoms with E-state index < -0.39 is 0 Å². The molecule has 2 aromatic carbocycles. The molecular weight excluding hydrogens is 390 g/mol.